The molecule has 0 bridgehead atoms. The number of carbonyl (C=O) groups excluding carboxylic acids is 2. The number of benzene rings is 1. The van der Waals surface area contributed by atoms with Gasteiger partial charge in [0.25, 0.3) is 0 Å². The molecule has 11 heteroatoms. The summed E-state index contributed by atoms with van der Waals surface area (Å²) in [6, 6.07) is 8.12. The second-order valence-electron chi connectivity index (χ2n) is 7.89. The Hall–Kier alpha value is -2.92. The van der Waals surface area contributed by atoms with E-state index in [1.54, 1.807) is 24.3 Å². The number of nitrogens with zero attached hydrogens (tertiary/aromatic N) is 3. The van der Waals surface area contributed by atoms with Gasteiger partial charge in [-0.05, 0) is 30.9 Å². The normalized spacial score (nSPS) is 15.5. The van der Waals surface area contributed by atoms with E-state index < -0.39 is 22.2 Å². The Morgan fingerprint density at radius 1 is 1.15 bits per heavy atom. The van der Waals surface area contributed by atoms with E-state index in [9.17, 15) is 27.9 Å². The van der Waals surface area contributed by atoms with Crippen LogP contribution in [0.25, 0.3) is 0 Å². The summed E-state index contributed by atoms with van der Waals surface area (Å²) in [5, 5.41) is 12.6. The lowest BCUT2D eigenvalue weighted by Gasteiger charge is -2.37. The van der Waals surface area contributed by atoms with Gasteiger partial charge in [0.1, 0.15) is 6.04 Å². The minimum atomic E-state index is -3.35. The van der Waals surface area contributed by atoms with Gasteiger partial charge in [-0.15, -0.1) is 0 Å². The molecule has 1 aromatic carbocycles. The van der Waals surface area contributed by atoms with Crippen LogP contribution >= 0.6 is 0 Å². The van der Waals surface area contributed by atoms with Crippen molar-refractivity contribution in [3.05, 3.63) is 48.6 Å². The number of unbranched alkanes of at least 4 members (excludes halogenated alkanes) is 1. The van der Waals surface area contributed by atoms with Crippen molar-refractivity contribution in [3.63, 3.8) is 0 Å². The molecule has 0 aromatic heterocycles. The Labute approximate surface area is 194 Å². The number of piperazine rings is 1. The summed E-state index contributed by atoms with van der Waals surface area (Å²) in [6.07, 6.45) is 2.49. The Morgan fingerprint density at radius 3 is 2.33 bits per heavy atom. The molecule has 1 aromatic rings. The van der Waals surface area contributed by atoms with Crippen molar-refractivity contribution in [2.24, 2.45) is 0 Å². The van der Waals surface area contributed by atoms with Gasteiger partial charge in [0, 0.05) is 39.3 Å². The Bertz CT molecular complexity index is 929. The average molecular weight is 481 g/mol. The molecule has 0 spiro atoms. The number of hydrogen-bond donors (Lipinski definition) is 2. The first kappa shape index (κ1) is 26.3. The summed E-state index contributed by atoms with van der Waals surface area (Å²) in [6.45, 7) is 4.61. The molecular formula is C22H32N4O6S. The van der Waals surface area contributed by atoms with Crippen LogP contribution in [0.5, 0.6) is 0 Å². The third kappa shape index (κ3) is 8.17. The zero-order valence-electron chi connectivity index (χ0n) is 18.9. The van der Waals surface area contributed by atoms with E-state index in [1.807, 2.05) is 6.07 Å². The number of nitrogens with one attached hydrogen (secondary N) is 1. The highest BCUT2D eigenvalue weighted by atomic mass is 32.2. The zero-order valence-corrected chi connectivity index (χ0v) is 19.7. The van der Waals surface area contributed by atoms with E-state index in [0.29, 0.717) is 19.4 Å². The topological polar surface area (TPSA) is 127 Å². The van der Waals surface area contributed by atoms with Gasteiger partial charge < -0.3 is 15.3 Å². The Morgan fingerprint density at radius 2 is 1.79 bits per heavy atom. The molecule has 1 aliphatic rings. The SMILES string of the molecule is C=CC(=O)NCCCC[C@@H](C(=O)N1CCN(S(C)(=O)=O)CC1)N(Cc1ccccc1)C(=O)O. The van der Waals surface area contributed by atoms with E-state index in [-0.39, 0.29) is 51.0 Å². The summed E-state index contributed by atoms with van der Waals surface area (Å²) in [7, 11) is -3.35. The van der Waals surface area contributed by atoms with E-state index in [0.717, 1.165) is 16.7 Å². The van der Waals surface area contributed by atoms with Crippen LogP contribution in [0.2, 0.25) is 0 Å². The van der Waals surface area contributed by atoms with Crippen molar-refractivity contribution in [3.8, 4) is 0 Å². The number of amides is 3. The predicted molar refractivity (Wildman–Crippen MR) is 124 cm³/mol. The minimum Gasteiger partial charge on any atom is -0.465 e. The van der Waals surface area contributed by atoms with Crippen LogP contribution in [0.15, 0.2) is 43.0 Å². The number of carbonyl (C=O) groups is 3. The van der Waals surface area contributed by atoms with Gasteiger partial charge in [-0.2, -0.15) is 4.31 Å². The molecule has 2 rings (SSSR count). The summed E-state index contributed by atoms with van der Waals surface area (Å²) < 4.78 is 24.9. The maximum Gasteiger partial charge on any atom is 0.408 e. The number of rotatable bonds is 11. The van der Waals surface area contributed by atoms with Crippen molar-refractivity contribution < 1.29 is 27.9 Å². The van der Waals surface area contributed by atoms with Crippen LogP contribution < -0.4 is 5.32 Å². The fraction of sp³-hybridized carbons (Fsp3) is 0.500. The van der Waals surface area contributed by atoms with Crippen molar-refractivity contribution in [1.82, 2.24) is 19.4 Å². The zero-order chi connectivity index (χ0) is 24.4. The molecule has 0 aliphatic carbocycles. The smallest absolute Gasteiger partial charge is 0.408 e. The van der Waals surface area contributed by atoms with Gasteiger partial charge in [0.15, 0.2) is 0 Å². The lowest BCUT2D eigenvalue weighted by molar-refractivity contribution is -0.138. The molecule has 1 saturated heterocycles. The Kier molecular flexibility index (Phi) is 9.86. The van der Waals surface area contributed by atoms with Crippen LogP contribution in [0, 0.1) is 0 Å². The molecule has 0 radical (unpaired) electrons. The first-order valence-corrected chi connectivity index (χ1v) is 12.7. The van der Waals surface area contributed by atoms with Gasteiger partial charge in [0.05, 0.1) is 6.26 Å². The van der Waals surface area contributed by atoms with E-state index in [2.05, 4.69) is 11.9 Å². The third-order valence-corrected chi connectivity index (χ3v) is 6.81. The minimum absolute atomic E-state index is 0.0586. The maximum absolute atomic E-state index is 13.4. The molecule has 0 saturated carbocycles. The highest BCUT2D eigenvalue weighted by Gasteiger charge is 2.35. The number of hydrogen-bond acceptors (Lipinski definition) is 5. The molecule has 33 heavy (non-hydrogen) atoms. The van der Waals surface area contributed by atoms with Gasteiger partial charge in [-0.1, -0.05) is 36.9 Å². The Balaban J connectivity index is 2.12. The lowest BCUT2D eigenvalue weighted by Crippen LogP contribution is -2.56. The van der Waals surface area contributed by atoms with Crippen molar-refractivity contribution in [2.45, 2.75) is 31.8 Å². The van der Waals surface area contributed by atoms with Crippen LogP contribution in [-0.4, -0.2) is 90.6 Å². The summed E-state index contributed by atoms with van der Waals surface area (Å²) in [5.41, 5.74) is 0.762. The van der Waals surface area contributed by atoms with E-state index in [1.165, 1.54) is 15.3 Å². The highest BCUT2D eigenvalue weighted by molar-refractivity contribution is 7.88. The second kappa shape index (κ2) is 12.4. The molecular weight excluding hydrogens is 448 g/mol. The third-order valence-electron chi connectivity index (χ3n) is 5.51. The highest BCUT2D eigenvalue weighted by Crippen LogP contribution is 2.18. The monoisotopic (exact) mass is 480 g/mol. The number of sulfonamides is 1. The average Bonchev–Trinajstić information content (AvgIpc) is 2.79. The molecule has 10 nitrogen and oxygen atoms in total. The standard InChI is InChI=1S/C22H32N4O6S/c1-3-20(27)23-12-8-7-11-19(26(22(29)30)17-18-9-5-4-6-10-18)21(28)24-13-15-25(16-14-24)33(2,31)32/h3-6,9-10,19H,1,7-8,11-17H2,2H3,(H,23,27)(H,29,30)/t19-/m0/s1. The van der Waals surface area contributed by atoms with Crippen LogP contribution in [0.1, 0.15) is 24.8 Å². The summed E-state index contributed by atoms with van der Waals surface area (Å²) >= 11 is 0. The van der Waals surface area contributed by atoms with Crippen LogP contribution in [0.4, 0.5) is 4.79 Å². The predicted octanol–water partition coefficient (Wildman–Crippen LogP) is 1.11. The summed E-state index contributed by atoms with van der Waals surface area (Å²) in [4.78, 5) is 39.5. The number of carboxylic acid groups (broad SMARTS) is 1. The van der Waals surface area contributed by atoms with E-state index in [4.69, 9.17) is 0 Å². The van der Waals surface area contributed by atoms with Crippen molar-refractivity contribution >= 4 is 27.9 Å². The molecule has 2 N–H and O–H groups in total. The van der Waals surface area contributed by atoms with Crippen LogP contribution in [-0.2, 0) is 26.2 Å². The molecule has 182 valence electrons. The van der Waals surface area contributed by atoms with Crippen LogP contribution in [0.3, 0.4) is 0 Å². The lowest BCUT2D eigenvalue weighted by atomic mass is 10.0. The fourth-order valence-electron chi connectivity index (χ4n) is 3.70. The van der Waals surface area contributed by atoms with E-state index >= 15 is 0 Å². The first-order valence-electron chi connectivity index (χ1n) is 10.8. The molecule has 1 aliphatic heterocycles. The van der Waals surface area contributed by atoms with Gasteiger partial charge in [-0.3, -0.25) is 14.5 Å². The van der Waals surface area contributed by atoms with Crippen molar-refractivity contribution in [1.29, 1.82) is 0 Å². The maximum atomic E-state index is 13.4. The van der Waals surface area contributed by atoms with Gasteiger partial charge in [0.2, 0.25) is 21.8 Å². The largest absolute Gasteiger partial charge is 0.465 e. The quantitative estimate of drug-likeness (QED) is 0.361. The molecule has 1 heterocycles. The molecule has 3 amide bonds. The molecule has 0 unspecified atom stereocenters. The van der Waals surface area contributed by atoms with Gasteiger partial charge in [-0.25, -0.2) is 13.2 Å². The second-order valence-corrected chi connectivity index (χ2v) is 9.87. The van der Waals surface area contributed by atoms with Gasteiger partial charge >= 0.3 is 6.09 Å². The van der Waals surface area contributed by atoms with Crippen molar-refractivity contribution in [2.75, 3.05) is 39.0 Å². The first-order chi connectivity index (χ1) is 15.6. The molecule has 1 fully saturated rings. The molecule has 1 atom stereocenters. The fourth-order valence-corrected chi connectivity index (χ4v) is 4.53. The summed E-state index contributed by atoms with van der Waals surface area (Å²) in [5.74, 6) is -0.626.